The monoisotopic (exact) mass is 382 g/mol. The maximum absolute atomic E-state index is 12.2. The number of fused-ring (bicyclic) bond motifs is 1. The number of aryl methyl sites for hydroxylation is 1. The van der Waals surface area contributed by atoms with Gasteiger partial charge in [0, 0.05) is 16.5 Å². The lowest BCUT2D eigenvalue weighted by Crippen LogP contribution is -2.07. The third-order valence-corrected chi connectivity index (χ3v) is 4.42. The van der Waals surface area contributed by atoms with E-state index in [2.05, 4.69) is 10.1 Å². The average molecular weight is 383 g/mol. The Morgan fingerprint density at radius 2 is 2.07 bits per heavy atom. The van der Waals surface area contributed by atoms with Crippen LogP contribution >= 0.6 is 11.6 Å². The SMILES string of the molecule is Cc1ccc2c(CC(=O)OCc3nc(-c4ccccc4Cl)no3)coc2c1. The Morgan fingerprint density at radius 3 is 2.93 bits per heavy atom. The van der Waals surface area contributed by atoms with Crippen LogP contribution in [0, 0.1) is 6.92 Å². The maximum atomic E-state index is 12.2. The molecule has 0 atom stereocenters. The van der Waals surface area contributed by atoms with E-state index >= 15 is 0 Å². The van der Waals surface area contributed by atoms with Crippen molar-refractivity contribution in [3.8, 4) is 11.4 Å². The topological polar surface area (TPSA) is 78.4 Å². The van der Waals surface area contributed by atoms with Gasteiger partial charge in [-0.2, -0.15) is 4.98 Å². The van der Waals surface area contributed by atoms with E-state index < -0.39 is 5.97 Å². The van der Waals surface area contributed by atoms with E-state index in [9.17, 15) is 4.79 Å². The number of carbonyl (C=O) groups is 1. The van der Waals surface area contributed by atoms with Gasteiger partial charge in [0.15, 0.2) is 6.61 Å². The molecule has 0 bridgehead atoms. The Hall–Kier alpha value is -3.12. The van der Waals surface area contributed by atoms with Gasteiger partial charge in [-0.3, -0.25) is 4.79 Å². The van der Waals surface area contributed by atoms with Gasteiger partial charge in [-0.15, -0.1) is 0 Å². The third-order valence-electron chi connectivity index (χ3n) is 4.09. The highest BCUT2D eigenvalue weighted by atomic mass is 35.5. The van der Waals surface area contributed by atoms with Crippen molar-refractivity contribution >= 4 is 28.5 Å². The van der Waals surface area contributed by atoms with Gasteiger partial charge in [-0.25, -0.2) is 0 Å². The van der Waals surface area contributed by atoms with E-state index in [1.54, 1.807) is 18.4 Å². The van der Waals surface area contributed by atoms with Crippen molar-refractivity contribution in [3.63, 3.8) is 0 Å². The number of hydrogen-bond acceptors (Lipinski definition) is 6. The van der Waals surface area contributed by atoms with Gasteiger partial charge in [0.1, 0.15) is 5.58 Å². The number of furan rings is 1. The van der Waals surface area contributed by atoms with E-state index in [1.807, 2.05) is 37.3 Å². The molecule has 4 rings (SSSR count). The average Bonchev–Trinajstić information content (AvgIpc) is 3.27. The largest absolute Gasteiger partial charge is 0.464 e. The molecular formula is C20H15ClN2O4. The second-order valence-corrected chi connectivity index (χ2v) is 6.50. The van der Waals surface area contributed by atoms with Crippen LogP contribution < -0.4 is 0 Å². The quantitative estimate of drug-likeness (QED) is 0.464. The predicted octanol–water partition coefficient (Wildman–Crippen LogP) is 4.73. The van der Waals surface area contributed by atoms with Crippen LogP contribution in [-0.2, 0) is 22.6 Å². The van der Waals surface area contributed by atoms with Crippen LogP contribution in [0.4, 0.5) is 0 Å². The summed E-state index contributed by atoms with van der Waals surface area (Å²) in [4.78, 5) is 16.4. The first kappa shape index (κ1) is 17.3. The highest BCUT2D eigenvalue weighted by molar-refractivity contribution is 6.33. The van der Waals surface area contributed by atoms with Crippen LogP contribution in [0.15, 0.2) is 57.7 Å². The molecule has 0 amide bonds. The molecule has 27 heavy (non-hydrogen) atoms. The van der Waals surface area contributed by atoms with Gasteiger partial charge in [0.05, 0.1) is 17.7 Å². The number of benzene rings is 2. The van der Waals surface area contributed by atoms with Gasteiger partial charge < -0.3 is 13.7 Å². The Balaban J connectivity index is 1.40. The smallest absolute Gasteiger partial charge is 0.310 e. The zero-order chi connectivity index (χ0) is 18.8. The van der Waals surface area contributed by atoms with Crippen molar-refractivity contribution in [3.05, 3.63) is 70.8 Å². The summed E-state index contributed by atoms with van der Waals surface area (Å²) in [7, 11) is 0. The number of halogens is 1. The Morgan fingerprint density at radius 1 is 1.22 bits per heavy atom. The molecule has 0 fully saturated rings. The molecule has 7 heteroatoms. The molecular weight excluding hydrogens is 368 g/mol. The van der Waals surface area contributed by atoms with E-state index in [0.717, 1.165) is 22.1 Å². The fraction of sp³-hybridized carbons (Fsp3) is 0.150. The first-order valence-corrected chi connectivity index (χ1v) is 8.68. The number of rotatable bonds is 5. The van der Waals surface area contributed by atoms with Crippen molar-refractivity contribution < 1.29 is 18.5 Å². The summed E-state index contributed by atoms with van der Waals surface area (Å²) in [5, 5.41) is 5.29. The molecule has 6 nitrogen and oxygen atoms in total. The molecule has 2 heterocycles. The van der Waals surface area contributed by atoms with E-state index in [4.69, 9.17) is 25.3 Å². The molecule has 0 unspecified atom stereocenters. The van der Waals surface area contributed by atoms with Gasteiger partial charge in [0.2, 0.25) is 5.82 Å². The minimum absolute atomic E-state index is 0.0988. The highest BCUT2D eigenvalue weighted by Crippen LogP contribution is 2.25. The lowest BCUT2D eigenvalue weighted by Gasteiger charge is -2.01. The molecule has 0 aliphatic heterocycles. The normalized spacial score (nSPS) is 11.0. The molecule has 0 aliphatic carbocycles. The standard InChI is InChI=1S/C20H15ClN2O4/c1-12-6-7-14-13(10-25-17(14)8-12)9-19(24)26-11-18-22-20(23-27-18)15-4-2-3-5-16(15)21/h2-8,10H,9,11H2,1H3. The summed E-state index contributed by atoms with van der Waals surface area (Å²) in [6, 6.07) is 13.0. The van der Waals surface area contributed by atoms with Gasteiger partial charge in [-0.05, 0) is 30.7 Å². The number of esters is 1. The predicted molar refractivity (Wildman–Crippen MR) is 99.2 cm³/mol. The summed E-state index contributed by atoms with van der Waals surface area (Å²) in [5.74, 6) is 0.143. The number of nitrogens with zero attached hydrogens (tertiary/aromatic N) is 2. The van der Waals surface area contributed by atoms with Crippen LogP contribution in [0.2, 0.25) is 5.02 Å². The third kappa shape index (κ3) is 3.71. The van der Waals surface area contributed by atoms with E-state index in [-0.39, 0.29) is 18.9 Å². The highest BCUT2D eigenvalue weighted by Gasteiger charge is 2.15. The van der Waals surface area contributed by atoms with Crippen molar-refractivity contribution in [2.75, 3.05) is 0 Å². The van der Waals surface area contributed by atoms with Gasteiger partial charge in [0.25, 0.3) is 5.89 Å². The molecule has 0 radical (unpaired) electrons. The molecule has 2 aromatic carbocycles. The minimum Gasteiger partial charge on any atom is -0.464 e. The minimum atomic E-state index is -0.407. The first-order chi connectivity index (χ1) is 13.1. The molecule has 2 aromatic heterocycles. The van der Waals surface area contributed by atoms with Gasteiger partial charge >= 0.3 is 5.97 Å². The molecule has 0 saturated carbocycles. The zero-order valence-corrected chi connectivity index (χ0v) is 15.2. The van der Waals surface area contributed by atoms with Crippen molar-refractivity contribution in [1.29, 1.82) is 0 Å². The molecule has 4 aromatic rings. The number of ether oxygens (including phenoxy) is 1. The molecule has 0 aliphatic rings. The van der Waals surface area contributed by atoms with Crippen molar-refractivity contribution in [2.45, 2.75) is 20.0 Å². The lowest BCUT2D eigenvalue weighted by atomic mass is 10.1. The first-order valence-electron chi connectivity index (χ1n) is 8.30. The summed E-state index contributed by atoms with van der Waals surface area (Å²) in [6.45, 7) is 1.88. The molecule has 0 spiro atoms. The van der Waals surface area contributed by atoms with Crippen LogP contribution in [-0.4, -0.2) is 16.1 Å². The number of carbonyl (C=O) groups excluding carboxylic acids is 1. The van der Waals surface area contributed by atoms with Crippen molar-refractivity contribution in [2.24, 2.45) is 0 Å². The summed E-state index contributed by atoms with van der Waals surface area (Å²) >= 11 is 6.12. The van der Waals surface area contributed by atoms with Gasteiger partial charge in [-0.1, -0.05) is 41.0 Å². The number of aromatic nitrogens is 2. The maximum Gasteiger partial charge on any atom is 0.310 e. The Kier molecular flexibility index (Phi) is 4.64. The summed E-state index contributed by atoms with van der Waals surface area (Å²) < 4.78 is 15.9. The zero-order valence-electron chi connectivity index (χ0n) is 14.4. The van der Waals surface area contributed by atoms with Crippen LogP contribution in [0.25, 0.3) is 22.4 Å². The fourth-order valence-corrected chi connectivity index (χ4v) is 2.96. The molecule has 136 valence electrons. The van der Waals surface area contributed by atoms with E-state index in [1.165, 1.54) is 0 Å². The number of hydrogen-bond donors (Lipinski definition) is 0. The summed E-state index contributed by atoms with van der Waals surface area (Å²) in [6.07, 6.45) is 1.68. The second-order valence-electron chi connectivity index (χ2n) is 6.09. The summed E-state index contributed by atoms with van der Waals surface area (Å²) in [5.41, 5.74) is 3.27. The van der Waals surface area contributed by atoms with Crippen LogP contribution in [0.1, 0.15) is 17.0 Å². The Labute approximate surface area is 159 Å². The molecule has 0 N–H and O–H groups in total. The van der Waals surface area contributed by atoms with Crippen LogP contribution in [0.3, 0.4) is 0 Å². The van der Waals surface area contributed by atoms with Crippen LogP contribution in [0.5, 0.6) is 0 Å². The van der Waals surface area contributed by atoms with E-state index in [0.29, 0.717) is 16.4 Å². The molecule has 0 saturated heterocycles. The fourth-order valence-electron chi connectivity index (χ4n) is 2.74. The second kappa shape index (κ2) is 7.25. The Bertz CT molecular complexity index is 1120. The van der Waals surface area contributed by atoms with Crippen molar-refractivity contribution in [1.82, 2.24) is 10.1 Å². The lowest BCUT2D eigenvalue weighted by molar-refractivity contribution is -0.144.